The fourth-order valence-corrected chi connectivity index (χ4v) is 0.942. The van der Waals surface area contributed by atoms with Gasteiger partial charge >= 0.3 is 5.97 Å². The molecule has 11 heavy (non-hydrogen) atoms. The third kappa shape index (κ3) is 3.57. The Hall–Kier alpha value is -0.290. The number of carbonyl (C=O) groups is 1. The lowest BCUT2D eigenvalue weighted by Crippen LogP contribution is -2.36. The summed E-state index contributed by atoms with van der Waals surface area (Å²) in [6.45, 7) is 3.11. The SMILES string of the molecule is COC(=O)C(C)(C)OC(=S)S. The summed E-state index contributed by atoms with van der Waals surface area (Å²) in [6.07, 6.45) is 0. The third-order valence-electron chi connectivity index (χ3n) is 1.02. The Morgan fingerprint density at radius 2 is 2.00 bits per heavy atom. The number of carbonyl (C=O) groups excluding carboxylic acids is 1. The van der Waals surface area contributed by atoms with Crippen LogP contribution in [0, 0.1) is 0 Å². The van der Waals surface area contributed by atoms with Gasteiger partial charge in [0.1, 0.15) is 0 Å². The number of esters is 1. The maximum absolute atomic E-state index is 10.9. The molecule has 0 aliphatic heterocycles. The molecular weight excluding hydrogens is 184 g/mol. The average Bonchev–Trinajstić information content (AvgIpc) is 1.83. The number of thiocarbonyl (C=S) groups is 1. The van der Waals surface area contributed by atoms with E-state index in [1.165, 1.54) is 7.11 Å². The van der Waals surface area contributed by atoms with Crippen molar-refractivity contribution < 1.29 is 14.3 Å². The number of thiol groups is 1. The second kappa shape index (κ2) is 3.92. The van der Waals surface area contributed by atoms with Gasteiger partial charge < -0.3 is 9.47 Å². The van der Waals surface area contributed by atoms with E-state index in [-0.39, 0.29) is 4.38 Å². The van der Waals surface area contributed by atoms with E-state index in [0.717, 1.165) is 0 Å². The summed E-state index contributed by atoms with van der Waals surface area (Å²) in [5.41, 5.74) is -1.05. The van der Waals surface area contributed by atoms with Gasteiger partial charge in [-0.15, -0.1) is 0 Å². The van der Waals surface area contributed by atoms with Crippen LogP contribution in [0.5, 0.6) is 0 Å². The zero-order chi connectivity index (χ0) is 9.07. The Morgan fingerprint density at radius 3 is 2.27 bits per heavy atom. The molecule has 0 fully saturated rings. The Bertz CT molecular complexity index is 177. The van der Waals surface area contributed by atoms with Crippen molar-refractivity contribution in [2.45, 2.75) is 19.4 Å². The molecule has 0 aromatic carbocycles. The van der Waals surface area contributed by atoms with Crippen LogP contribution in [0.25, 0.3) is 0 Å². The topological polar surface area (TPSA) is 35.5 Å². The van der Waals surface area contributed by atoms with Gasteiger partial charge in [-0.25, -0.2) is 4.79 Å². The van der Waals surface area contributed by atoms with Crippen molar-refractivity contribution in [2.24, 2.45) is 0 Å². The van der Waals surface area contributed by atoms with E-state index in [4.69, 9.17) is 4.74 Å². The Morgan fingerprint density at radius 1 is 1.55 bits per heavy atom. The Labute approximate surface area is 76.5 Å². The van der Waals surface area contributed by atoms with Crippen molar-refractivity contribution in [1.29, 1.82) is 0 Å². The fourth-order valence-electron chi connectivity index (χ4n) is 0.506. The highest BCUT2D eigenvalue weighted by Crippen LogP contribution is 2.12. The predicted octanol–water partition coefficient (Wildman–Crippen LogP) is 1.17. The van der Waals surface area contributed by atoms with E-state index in [9.17, 15) is 4.79 Å². The van der Waals surface area contributed by atoms with Gasteiger partial charge in [0.25, 0.3) is 0 Å². The first-order valence-electron chi connectivity index (χ1n) is 2.90. The Kier molecular flexibility index (Phi) is 3.82. The molecule has 0 heterocycles. The molecular formula is C6H10O3S2. The van der Waals surface area contributed by atoms with Crippen molar-refractivity contribution in [3.05, 3.63) is 0 Å². The van der Waals surface area contributed by atoms with Gasteiger partial charge in [0.2, 0.25) is 9.98 Å². The van der Waals surface area contributed by atoms with Gasteiger partial charge in [-0.1, -0.05) is 12.6 Å². The Balaban J connectivity index is 4.21. The molecule has 0 atom stereocenters. The standard InChI is InChI=1S/C6H10O3S2/c1-6(2,4(7)8-3)9-5(10)11/h1-3H3,(H,10,11). The molecule has 0 aromatic rings. The van der Waals surface area contributed by atoms with Crippen LogP contribution in [0.15, 0.2) is 0 Å². The predicted molar refractivity (Wildman–Crippen MR) is 48.8 cm³/mol. The molecule has 0 saturated heterocycles. The van der Waals surface area contributed by atoms with Crippen LogP contribution in [-0.4, -0.2) is 23.1 Å². The van der Waals surface area contributed by atoms with Gasteiger partial charge in [0.05, 0.1) is 7.11 Å². The highest BCUT2D eigenvalue weighted by Gasteiger charge is 2.31. The second-order valence-electron chi connectivity index (χ2n) is 2.37. The quantitative estimate of drug-likeness (QED) is 0.406. The second-order valence-corrected chi connectivity index (χ2v) is 3.45. The van der Waals surface area contributed by atoms with Gasteiger partial charge in [0.15, 0.2) is 0 Å². The molecule has 5 heteroatoms. The van der Waals surface area contributed by atoms with E-state index in [0.29, 0.717) is 0 Å². The summed E-state index contributed by atoms with van der Waals surface area (Å²) in [6, 6.07) is 0. The minimum absolute atomic E-state index is 0.0281. The van der Waals surface area contributed by atoms with Crippen LogP contribution in [0.4, 0.5) is 0 Å². The van der Waals surface area contributed by atoms with Crippen LogP contribution < -0.4 is 0 Å². The first kappa shape index (κ1) is 10.7. The van der Waals surface area contributed by atoms with Crippen LogP contribution in [0.2, 0.25) is 0 Å². The minimum atomic E-state index is -1.05. The lowest BCUT2D eigenvalue weighted by atomic mass is 10.1. The lowest BCUT2D eigenvalue weighted by Gasteiger charge is -2.21. The normalized spacial score (nSPS) is 10.5. The molecule has 0 radical (unpaired) electrons. The summed E-state index contributed by atoms with van der Waals surface area (Å²) in [5, 5.41) is 0. The van der Waals surface area contributed by atoms with Crippen molar-refractivity contribution in [1.82, 2.24) is 0 Å². The molecule has 0 saturated carbocycles. The summed E-state index contributed by atoms with van der Waals surface area (Å²) in [5.74, 6) is -0.478. The first-order valence-corrected chi connectivity index (χ1v) is 3.76. The molecule has 3 nitrogen and oxygen atoms in total. The third-order valence-corrected chi connectivity index (χ3v) is 1.19. The summed E-state index contributed by atoms with van der Waals surface area (Å²) in [4.78, 5) is 10.9. The largest absolute Gasteiger partial charge is 0.466 e. The maximum atomic E-state index is 10.9. The molecule has 0 aliphatic carbocycles. The monoisotopic (exact) mass is 194 g/mol. The molecule has 0 spiro atoms. The summed E-state index contributed by atoms with van der Waals surface area (Å²) in [7, 11) is 1.29. The minimum Gasteiger partial charge on any atom is -0.466 e. The van der Waals surface area contributed by atoms with E-state index < -0.39 is 11.6 Å². The first-order chi connectivity index (χ1) is 4.90. The number of rotatable bonds is 2. The maximum Gasteiger partial charge on any atom is 0.349 e. The highest BCUT2D eigenvalue weighted by molar-refractivity contribution is 8.10. The molecule has 64 valence electrons. The van der Waals surface area contributed by atoms with E-state index in [1.54, 1.807) is 13.8 Å². The fraction of sp³-hybridized carbons (Fsp3) is 0.667. The summed E-state index contributed by atoms with van der Waals surface area (Å²) < 4.78 is 9.40. The van der Waals surface area contributed by atoms with Crippen LogP contribution in [0.3, 0.4) is 0 Å². The zero-order valence-corrected chi connectivity index (χ0v) is 8.29. The molecule has 0 bridgehead atoms. The van der Waals surface area contributed by atoms with Crippen molar-refractivity contribution in [3.63, 3.8) is 0 Å². The van der Waals surface area contributed by atoms with Gasteiger partial charge in [0, 0.05) is 0 Å². The van der Waals surface area contributed by atoms with Crippen molar-refractivity contribution in [2.75, 3.05) is 7.11 Å². The van der Waals surface area contributed by atoms with Gasteiger partial charge in [-0.2, -0.15) is 0 Å². The smallest absolute Gasteiger partial charge is 0.349 e. The highest BCUT2D eigenvalue weighted by atomic mass is 32.1. The van der Waals surface area contributed by atoms with E-state index in [2.05, 4.69) is 29.6 Å². The molecule has 0 amide bonds. The molecule has 0 N–H and O–H groups in total. The number of hydrogen-bond acceptors (Lipinski definition) is 4. The van der Waals surface area contributed by atoms with E-state index in [1.807, 2.05) is 0 Å². The van der Waals surface area contributed by atoms with Gasteiger partial charge in [-0.05, 0) is 26.1 Å². The van der Waals surface area contributed by atoms with Crippen LogP contribution in [-0.2, 0) is 14.3 Å². The number of hydrogen-bond donors (Lipinski definition) is 1. The number of methoxy groups -OCH3 is 1. The zero-order valence-electron chi connectivity index (χ0n) is 6.58. The van der Waals surface area contributed by atoms with E-state index >= 15 is 0 Å². The molecule has 0 rings (SSSR count). The lowest BCUT2D eigenvalue weighted by molar-refractivity contribution is -0.156. The van der Waals surface area contributed by atoms with Crippen molar-refractivity contribution >= 4 is 35.2 Å². The van der Waals surface area contributed by atoms with Gasteiger partial charge in [-0.3, -0.25) is 0 Å². The van der Waals surface area contributed by atoms with Crippen molar-refractivity contribution in [3.8, 4) is 0 Å². The molecule has 0 unspecified atom stereocenters. The molecule has 0 aromatic heterocycles. The van der Waals surface area contributed by atoms with Crippen LogP contribution in [0.1, 0.15) is 13.8 Å². The molecule has 0 aliphatic rings. The summed E-state index contributed by atoms with van der Waals surface area (Å²) >= 11 is 8.27. The van der Waals surface area contributed by atoms with Crippen LogP contribution >= 0.6 is 24.8 Å². The average molecular weight is 194 g/mol. The number of ether oxygens (including phenoxy) is 2.